The van der Waals surface area contributed by atoms with Gasteiger partial charge in [-0.25, -0.2) is 0 Å². The van der Waals surface area contributed by atoms with Gasteiger partial charge in [0.25, 0.3) is 5.56 Å². The summed E-state index contributed by atoms with van der Waals surface area (Å²) in [5, 5.41) is 17.0. The molecule has 20 heavy (non-hydrogen) atoms. The van der Waals surface area contributed by atoms with Gasteiger partial charge in [0.05, 0.1) is 12.3 Å². The largest absolute Gasteiger partial charge is 0.506 e. The fourth-order valence-corrected chi connectivity index (χ4v) is 1.74. The van der Waals surface area contributed by atoms with Gasteiger partial charge >= 0.3 is 0 Å². The molecule has 0 aliphatic carbocycles. The first-order chi connectivity index (χ1) is 9.72. The number of rotatable bonds is 6. The van der Waals surface area contributed by atoms with Crippen LogP contribution in [0.25, 0.3) is 5.69 Å². The van der Waals surface area contributed by atoms with Crippen molar-refractivity contribution in [2.45, 2.75) is 6.54 Å². The van der Waals surface area contributed by atoms with Crippen molar-refractivity contribution < 1.29 is 9.84 Å². The van der Waals surface area contributed by atoms with Crippen molar-refractivity contribution in [3.05, 3.63) is 52.4 Å². The second-order valence-electron chi connectivity index (χ2n) is 4.23. The van der Waals surface area contributed by atoms with Crippen molar-refractivity contribution in [1.29, 1.82) is 0 Å². The summed E-state index contributed by atoms with van der Waals surface area (Å²) in [5.41, 5.74) is 0.717. The van der Waals surface area contributed by atoms with Gasteiger partial charge < -0.3 is 15.2 Å². The second-order valence-corrected chi connectivity index (χ2v) is 4.23. The summed E-state index contributed by atoms with van der Waals surface area (Å²) in [4.78, 5) is 11.9. The monoisotopic (exact) mass is 275 g/mol. The fourth-order valence-electron chi connectivity index (χ4n) is 1.74. The molecule has 6 nitrogen and oxygen atoms in total. The maximum atomic E-state index is 11.9. The zero-order valence-electron chi connectivity index (χ0n) is 11.2. The molecular weight excluding hydrogens is 258 g/mol. The van der Waals surface area contributed by atoms with Crippen LogP contribution in [-0.4, -0.2) is 35.1 Å². The third-order valence-corrected chi connectivity index (χ3v) is 2.76. The van der Waals surface area contributed by atoms with Crippen LogP contribution in [-0.2, 0) is 11.3 Å². The van der Waals surface area contributed by atoms with Gasteiger partial charge in [-0.3, -0.25) is 4.79 Å². The van der Waals surface area contributed by atoms with Gasteiger partial charge in [0.1, 0.15) is 11.4 Å². The number of benzene rings is 1. The van der Waals surface area contributed by atoms with Crippen LogP contribution >= 0.6 is 0 Å². The SMILES string of the molecule is COCCNCc1nn(-c2ccccc2)c(=O)cc1O. The van der Waals surface area contributed by atoms with Crippen LogP contribution in [0.15, 0.2) is 41.2 Å². The molecule has 6 heteroatoms. The summed E-state index contributed by atoms with van der Waals surface area (Å²) in [6, 6.07) is 10.3. The summed E-state index contributed by atoms with van der Waals surface area (Å²) in [6.07, 6.45) is 0. The van der Waals surface area contributed by atoms with Crippen LogP contribution in [0.2, 0.25) is 0 Å². The van der Waals surface area contributed by atoms with Crippen LogP contribution in [0.1, 0.15) is 5.69 Å². The van der Waals surface area contributed by atoms with Gasteiger partial charge in [0.2, 0.25) is 0 Å². The van der Waals surface area contributed by atoms with Gasteiger partial charge in [-0.15, -0.1) is 0 Å². The first-order valence-electron chi connectivity index (χ1n) is 6.29. The number of methoxy groups -OCH3 is 1. The van der Waals surface area contributed by atoms with E-state index < -0.39 is 0 Å². The summed E-state index contributed by atoms with van der Waals surface area (Å²) in [5.74, 6) is -0.105. The van der Waals surface area contributed by atoms with E-state index in [0.29, 0.717) is 31.1 Å². The zero-order chi connectivity index (χ0) is 14.4. The maximum absolute atomic E-state index is 11.9. The van der Waals surface area contributed by atoms with E-state index in [1.54, 1.807) is 19.2 Å². The molecule has 0 saturated carbocycles. The first-order valence-corrected chi connectivity index (χ1v) is 6.29. The highest BCUT2D eigenvalue weighted by molar-refractivity contribution is 5.32. The lowest BCUT2D eigenvalue weighted by molar-refractivity contribution is 0.199. The summed E-state index contributed by atoms with van der Waals surface area (Å²) in [7, 11) is 1.62. The van der Waals surface area contributed by atoms with Gasteiger partial charge in [0.15, 0.2) is 0 Å². The van der Waals surface area contributed by atoms with Gasteiger partial charge in [0, 0.05) is 26.3 Å². The summed E-state index contributed by atoms with van der Waals surface area (Å²) >= 11 is 0. The number of aromatic nitrogens is 2. The Hall–Kier alpha value is -2.18. The molecule has 1 heterocycles. The molecule has 0 amide bonds. The highest BCUT2D eigenvalue weighted by atomic mass is 16.5. The molecule has 2 rings (SSSR count). The minimum absolute atomic E-state index is 0.105. The van der Waals surface area contributed by atoms with E-state index in [2.05, 4.69) is 10.4 Å². The fraction of sp³-hybridized carbons (Fsp3) is 0.286. The predicted molar refractivity (Wildman–Crippen MR) is 75.1 cm³/mol. The molecule has 0 saturated heterocycles. The lowest BCUT2D eigenvalue weighted by Crippen LogP contribution is -2.25. The van der Waals surface area contributed by atoms with Crippen molar-refractivity contribution >= 4 is 0 Å². The first kappa shape index (κ1) is 14.2. The number of hydrogen-bond donors (Lipinski definition) is 2. The Balaban J connectivity index is 2.24. The Morgan fingerprint density at radius 2 is 2.10 bits per heavy atom. The van der Waals surface area contributed by atoms with Crippen LogP contribution < -0.4 is 10.9 Å². The lowest BCUT2D eigenvalue weighted by atomic mass is 10.3. The highest BCUT2D eigenvalue weighted by Crippen LogP contribution is 2.12. The van der Waals surface area contributed by atoms with Gasteiger partial charge in [-0.1, -0.05) is 18.2 Å². The number of para-hydroxylation sites is 1. The number of nitrogens with one attached hydrogen (secondary N) is 1. The smallest absolute Gasteiger partial charge is 0.275 e. The molecule has 106 valence electrons. The minimum atomic E-state index is -0.366. The van der Waals surface area contributed by atoms with E-state index in [4.69, 9.17) is 4.74 Å². The maximum Gasteiger partial charge on any atom is 0.275 e. The molecule has 0 atom stereocenters. The quantitative estimate of drug-likeness (QED) is 0.758. The average molecular weight is 275 g/mol. The van der Waals surface area contributed by atoms with Crippen molar-refractivity contribution in [3.8, 4) is 11.4 Å². The zero-order valence-corrected chi connectivity index (χ0v) is 11.2. The molecular formula is C14H17N3O3. The van der Waals surface area contributed by atoms with Crippen molar-refractivity contribution in [3.63, 3.8) is 0 Å². The Bertz CT molecular complexity index is 611. The number of ether oxygens (including phenoxy) is 1. The van der Waals surface area contributed by atoms with E-state index in [1.807, 2.05) is 18.2 Å². The molecule has 0 spiro atoms. The van der Waals surface area contributed by atoms with Crippen LogP contribution in [0.4, 0.5) is 0 Å². The molecule has 1 aromatic heterocycles. The van der Waals surface area contributed by atoms with Crippen molar-refractivity contribution in [2.24, 2.45) is 0 Å². The Morgan fingerprint density at radius 3 is 2.80 bits per heavy atom. The van der Waals surface area contributed by atoms with Gasteiger partial charge in [-0.2, -0.15) is 9.78 Å². The molecule has 0 bridgehead atoms. The third-order valence-electron chi connectivity index (χ3n) is 2.76. The molecule has 0 fully saturated rings. The van der Waals surface area contributed by atoms with E-state index in [-0.39, 0.29) is 11.3 Å². The molecule has 0 aliphatic heterocycles. The van der Waals surface area contributed by atoms with E-state index in [0.717, 1.165) is 0 Å². The lowest BCUT2D eigenvalue weighted by Gasteiger charge is -2.09. The molecule has 0 radical (unpaired) electrons. The average Bonchev–Trinajstić information content (AvgIpc) is 2.46. The topological polar surface area (TPSA) is 76.4 Å². The predicted octanol–water partition coefficient (Wildman–Crippen LogP) is 0.674. The molecule has 2 N–H and O–H groups in total. The minimum Gasteiger partial charge on any atom is -0.506 e. The third kappa shape index (κ3) is 3.43. The van der Waals surface area contributed by atoms with Crippen LogP contribution in [0.3, 0.4) is 0 Å². The van der Waals surface area contributed by atoms with Gasteiger partial charge in [-0.05, 0) is 12.1 Å². The molecule has 2 aromatic rings. The van der Waals surface area contributed by atoms with E-state index in [1.165, 1.54) is 10.7 Å². The van der Waals surface area contributed by atoms with Crippen molar-refractivity contribution in [1.82, 2.24) is 15.1 Å². The van der Waals surface area contributed by atoms with E-state index in [9.17, 15) is 9.90 Å². The van der Waals surface area contributed by atoms with Crippen LogP contribution in [0, 0.1) is 0 Å². The highest BCUT2D eigenvalue weighted by Gasteiger charge is 2.08. The second kappa shape index (κ2) is 6.83. The number of aromatic hydroxyl groups is 1. The Kier molecular flexibility index (Phi) is 4.86. The molecule has 0 aliphatic rings. The van der Waals surface area contributed by atoms with Crippen LogP contribution in [0.5, 0.6) is 5.75 Å². The number of nitrogens with zero attached hydrogens (tertiary/aromatic N) is 2. The van der Waals surface area contributed by atoms with Crippen molar-refractivity contribution in [2.75, 3.05) is 20.3 Å². The molecule has 1 aromatic carbocycles. The molecule has 0 unspecified atom stereocenters. The van der Waals surface area contributed by atoms with E-state index >= 15 is 0 Å². The standard InChI is InChI=1S/C14H17N3O3/c1-20-8-7-15-10-12-13(18)9-14(19)17(16-12)11-5-3-2-4-6-11/h2-6,9,15,18H,7-8,10H2,1H3. The number of hydrogen-bond acceptors (Lipinski definition) is 5. The Labute approximate surface area is 116 Å². The normalized spacial score (nSPS) is 10.7. The Morgan fingerprint density at radius 1 is 1.35 bits per heavy atom. The summed E-state index contributed by atoms with van der Waals surface area (Å²) < 4.78 is 6.19. The summed E-state index contributed by atoms with van der Waals surface area (Å²) in [6.45, 7) is 1.57.